The standard InChI is InChI=1S/C13H21N3O2/c1-16(10-11-6-3-4-8-15-11)13(17)12(14)7-5-9-18-2/h3-4,6,8,12H,5,7,9-10,14H2,1-2H3. The number of aromatic nitrogens is 1. The molecule has 1 amide bonds. The molecule has 1 atom stereocenters. The van der Waals surface area contributed by atoms with E-state index in [0.29, 0.717) is 19.6 Å². The van der Waals surface area contributed by atoms with Crippen LogP contribution in [0.1, 0.15) is 18.5 Å². The van der Waals surface area contributed by atoms with Crippen molar-refractivity contribution in [3.63, 3.8) is 0 Å². The van der Waals surface area contributed by atoms with Crippen molar-refractivity contribution in [2.75, 3.05) is 20.8 Å². The maximum absolute atomic E-state index is 12.0. The van der Waals surface area contributed by atoms with Gasteiger partial charge in [0.1, 0.15) is 0 Å². The predicted octanol–water partition coefficient (Wildman–Crippen LogP) is 0.794. The first-order valence-electron chi connectivity index (χ1n) is 6.04. The minimum atomic E-state index is -0.464. The van der Waals surface area contributed by atoms with Crippen LogP contribution in [0.3, 0.4) is 0 Å². The lowest BCUT2D eigenvalue weighted by Crippen LogP contribution is -2.41. The minimum Gasteiger partial charge on any atom is -0.385 e. The molecule has 0 spiro atoms. The van der Waals surface area contributed by atoms with Gasteiger partial charge in [-0.3, -0.25) is 9.78 Å². The van der Waals surface area contributed by atoms with Crippen molar-refractivity contribution in [3.8, 4) is 0 Å². The summed E-state index contributed by atoms with van der Waals surface area (Å²) in [5.41, 5.74) is 6.70. The Kier molecular flexibility index (Phi) is 6.32. The van der Waals surface area contributed by atoms with Gasteiger partial charge in [-0.1, -0.05) is 6.07 Å². The number of nitrogens with two attached hydrogens (primary N) is 1. The molecule has 0 aliphatic rings. The highest BCUT2D eigenvalue weighted by atomic mass is 16.5. The third-order valence-electron chi connectivity index (χ3n) is 2.68. The average molecular weight is 251 g/mol. The zero-order valence-electron chi connectivity index (χ0n) is 11.0. The van der Waals surface area contributed by atoms with Gasteiger partial charge in [0.2, 0.25) is 5.91 Å². The molecule has 0 bridgehead atoms. The highest BCUT2D eigenvalue weighted by Crippen LogP contribution is 2.03. The largest absolute Gasteiger partial charge is 0.385 e. The van der Waals surface area contributed by atoms with E-state index < -0.39 is 6.04 Å². The Morgan fingerprint density at radius 1 is 1.56 bits per heavy atom. The minimum absolute atomic E-state index is 0.0586. The number of hydrogen-bond acceptors (Lipinski definition) is 4. The van der Waals surface area contributed by atoms with Gasteiger partial charge in [-0.15, -0.1) is 0 Å². The lowest BCUT2D eigenvalue weighted by Gasteiger charge is -2.20. The maximum Gasteiger partial charge on any atom is 0.239 e. The highest BCUT2D eigenvalue weighted by molar-refractivity contribution is 5.81. The fourth-order valence-electron chi connectivity index (χ4n) is 1.67. The number of amides is 1. The number of hydrogen-bond donors (Lipinski definition) is 1. The monoisotopic (exact) mass is 251 g/mol. The number of nitrogens with zero attached hydrogens (tertiary/aromatic N) is 2. The molecule has 0 radical (unpaired) electrons. The van der Waals surface area contributed by atoms with E-state index in [2.05, 4.69) is 4.98 Å². The van der Waals surface area contributed by atoms with Crippen LogP contribution >= 0.6 is 0 Å². The number of carbonyl (C=O) groups is 1. The molecule has 100 valence electrons. The van der Waals surface area contributed by atoms with Crippen LogP contribution in [0.15, 0.2) is 24.4 Å². The van der Waals surface area contributed by atoms with Crippen LogP contribution in [0.25, 0.3) is 0 Å². The van der Waals surface area contributed by atoms with E-state index in [1.807, 2.05) is 18.2 Å². The number of carbonyl (C=O) groups excluding carboxylic acids is 1. The number of likely N-dealkylation sites (N-methyl/N-ethyl adjacent to an activating group) is 1. The molecule has 5 nitrogen and oxygen atoms in total. The van der Waals surface area contributed by atoms with Gasteiger partial charge in [-0.25, -0.2) is 0 Å². The van der Waals surface area contributed by atoms with E-state index in [-0.39, 0.29) is 5.91 Å². The number of rotatable bonds is 7. The predicted molar refractivity (Wildman–Crippen MR) is 69.8 cm³/mol. The van der Waals surface area contributed by atoms with Crippen LogP contribution in [-0.2, 0) is 16.1 Å². The molecule has 0 fully saturated rings. The van der Waals surface area contributed by atoms with E-state index >= 15 is 0 Å². The number of ether oxygens (including phenoxy) is 1. The van der Waals surface area contributed by atoms with Gasteiger partial charge < -0.3 is 15.4 Å². The first kappa shape index (κ1) is 14.6. The zero-order valence-corrected chi connectivity index (χ0v) is 11.0. The molecule has 5 heteroatoms. The molecule has 1 rings (SSSR count). The third-order valence-corrected chi connectivity index (χ3v) is 2.68. The summed E-state index contributed by atoms with van der Waals surface area (Å²) in [6.07, 6.45) is 3.15. The van der Waals surface area contributed by atoms with E-state index in [1.54, 1.807) is 25.3 Å². The number of pyridine rings is 1. The summed E-state index contributed by atoms with van der Waals surface area (Å²) < 4.78 is 4.94. The lowest BCUT2D eigenvalue weighted by atomic mass is 10.1. The van der Waals surface area contributed by atoms with Crippen molar-refractivity contribution in [2.45, 2.75) is 25.4 Å². The van der Waals surface area contributed by atoms with Crippen molar-refractivity contribution in [2.24, 2.45) is 5.73 Å². The summed E-state index contributed by atoms with van der Waals surface area (Å²) in [6, 6.07) is 5.18. The van der Waals surface area contributed by atoms with Crippen LogP contribution in [0, 0.1) is 0 Å². The molecular weight excluding hydrogens is 230 g/mol. The SMILES string of the molecule is COCCCC(N)C(=O)N(C)Cc1ccccn1. The molecule has 18 heavy (non-hydrogen) atoms. The molecule has 0 saturated carbocycles. The Labute approximate surface area is 108 Å². The van der Waals surface area contributed by atoms with E-state index in [4.69, 9.17) is 10.5 Å². The molecule has 2 N–H and O–H groups in total. The fourth-order valence-corrected chi connectivity index (χ4v) is 1.67. The Balaban J connectivity index is 2.41. The summed E-state index contributed by atoms with van der Waals surface area (Å²) in [5.74, 6) is -0.0586. The maximum atomic E-state index is 12.0. The molecule has 0 saturated heterocycles. The normalized spacial score (nSPS) is 12.2. The van der Waals surface area contributed by atoms with E-state index in [9.17, 15) is 4.79 Å². The Morgan fingerprint density at radius 3 is 2.94 bits per heavy atom. The molecule has 1 aromatic rings. The highest BCUT2D eigenvalue weighted by Gasteiger charge is 2.17. The smallest absolute Gasteiger partial charge is 0.239 e. The van der Waals surface area contributed by atoms with Gasteiger partial charge in [-0.05, 0) is 25.0 Å². The third kappa shape index (κ3) is 4.81. The van der Waals surface area contributed by atoms with Crippen LogP contribution < -0.4 is 5.73 Å². The molecule has 1 heterocycles. The molecule has 1 unspecified atom stereocenters. The van der Waals surface area contributed by atoms with Gasteiger partial charge in [0.15, 0.2) is 0 Å². The molecule has 0 aliphatic carbocycles. The second-order valence-electron chi connectivity index (χ2n) is 4.26. The zero-order chi connectivity index (χ0) is 13.4. The first-order valence-corrected chi connectivity index (χ1v) is 6.04. The second-order valence-corrected chi connectivity index (χ2v) is 4.26. The summed E-state index contributed by atoms with van der Waals surface area (Å²) in [7, 11) is 3.38. The summed E-state index contributed by atoms with van der Waals surface area (Å²) in [5, 5.41) is 0. The Hall–Kier alpha value is -1.46. The van der Waals surface area contributed by atoms with Crippen LogP contribution in [0.4, 0.5) is 0 Å². The quantitative estimate of drug-likeness (QED) is 0.728. The molecule has 0 aromatic carbocycles. The summed E-state index contributed by atoms with van der Waals surface area (Å²) in [6.45, 7) is 1.11. The molecule has 1 aromatic heterocycles. The Morgan fingerprint density at radius 2 is 2.33 bits per heavy atom. The van der Waals surface area contributed by atoms with Gasteiger partial charge in [-0.2, -0.15) is 0 Å². The van der Waals surface area contributed by atoms with Crippen LogP contribution in [0.2, 0.25) is 0 Å². The van der Waals surface area contributed by atoms with E-state index in [1.165, 1.54) is 0 Å². The topological polar surface area (TPSA) is 68.5 Å². The molecule has 0 aliphatic heterocycles. The second kappa shape index (κ2) is 7.79. The van der Waals surface area contributed by atoms with Crippen molar-refractivity contribution < 1.29 is 9.53 Å². The summed E-state index contributed by atoms with van der Waals surface area (Å²) >= 11 is 0. The van der Waals surface area contributed by atoms with Gasteiger partial charge >= 0.3 is 0 Å². The van der Waals surface area contributed by atoms with Crippen molar-refractivity contribution in [3.05, 3.63) is 30.1 Å². The van der Waals surface area contributed by atoms with Gasteiger partial charge in [0, 0.05) is 27.0 Å². The van der Waals surface area contributed by atoms with Crippen molar-refractivity contribution in [1.82, 2.24) is 9.88 Å². The van der Waals surface area contributed by atoms with E-state index in [0.717, 1.165) is 12.1 Å². The fraction of sp³-hybridized carbons (Fsp3) is 0.538. The van der Waals surface area contributed by atoms with Crippen molar-refractivity contribution >= 4 is 5.91 Å². The number of methoxy groups -OCH3 is 1. The molecular formula is C13H21N3O2. The van der Waals surface area contributed by atoms with Gasteiger partial charge in [0.05, 0.1) is 18.3 Å². The lowest BCUT2D eigenvalue weighted by molar-refractivity contribution is -0.132. The summed E-state index contributed by atoms with van der Waals surface area (Å²) in [4.78, 5) is 17.8. The average Bonchev–Trinajstić information content (AvgIpc) is 2.39. The first-order chi connectivity index (χ1) is 8.65. The van der Waals surface area contributed by atoms with Gasteiger partial charge in [0.25, 0.3) is 0 Å². The van der Waals surface area contributed by atoms with Crippen molar-refractivity contribution in [1.29, 1.82) is 0 Å². The van der Waals surface area contributed by atoms with Crippen LogP contribution in [0.5, 0.6) is 0 Å². The van der Waals surface area contributed by atoms with Crippen LogP contribution in [-0.4, -0.2) is 42.6 Å². The Bertz CT molecular complexity index is 357.